The van der Waals surface area contributed by atoms with Crippen molar-refractivity contribution in [1.29, 1.82) is 0 Å². The molecule has 72 valence electrons. The van der Waals surface area contributed by atoms with E-state index in [-0.39, 0.29) is 12.3 Å². The van der Waals surface area contributed by atoms with E-state index in [1.165, 1.54) is 0 Å². The minimum absolute atomic E-state index is 0.0174. The van der Waals surface area contributed by atoms with E-state index in [9.17, 15) is 4.79 Å². The van der Waals surface area contributed by atoms with Gasteiger partial charge in [-0.1, -0.05) is 18.2 Å². The molecule has 2 rings (SSSR count). The van der Waals surface area contributed by atoms with Crippen molar-refractivity contribution in [2.24, 2.45) is 12.8 Å². The van der Waals surface area contributed by atoms with Crippen LogP contribution in [0.1, 0.15) is 10.5 Å². The third-order valence-electron chi connectivity index (χ3n) is 2.19. The predicted molar refractivity (Wildman–Crippen MR) is 54.1 cm³/mol. The van der Waals surface area contributed by atoms with Gasteiger partial charge in [-0.3, -0.25) is 9.48 Å². The number of benzene rings is 1. The maximum Gasteiger partial charge on any atom is 0.194 e. The molecule has 4 nitrogen and oxygen atoms in total. The van der Waals surface area contributed by atoms with Gasteiger partial charge in [0, 0.05) is 12.4 Å². The molecule has 0 atom stereocenters. The number of rotatable bonds is 2. The van der Waals surface area contributed by atoms with Crippen LogP contribution in [0, 0.1) is 0 Å². The number of ketones is 1. The number of nitrogens with two attached hydrogens (primary N) is 1. The molecule has 2 N–H and O–H groups in total. The summed E-state index contributed by atoms with van der Waals surface area (Å²) in [7, 11) is 1.75. The Kier molecular flexibility index (Phi) is 2.05. The molecule has 0 bridgehead atoms. The van der Waals surface area contributed by atoms with Gasteiger partial charge in [0.05, 0.1) is 12.1 Å². The van der Waals surface area contributed by atoms with Crippen LogP contribution in [0.2, 0.25) is 0 Å². The molecular weight excluding hydrogens is 178 g/mol. The summed E-state index contributed by atoms with van der Waals surface area (Å²) in [4.78, 5) is 11.5. The van der Waals surface area contributed by atoms with E-state index >= 15 is 0 Å². The van der Waals surface area contributed by atoms with Gasteiger partial charge in [-0.05, 0) is 6.07 Å². The number of carbonyl (C=O) groups is 1. The summed E-state index contributed by atoms with van der Waals surface area (Å²) in [6.45, 7) is 0.0174. The fraction of sp³-hybridized carbons (Fsp3) is 0.200. The van der Waals surface area contributed by atoms with Gasteiger partial charge in [0.25, 0.3) is 0 Å². The van der Waals surface area contributed by atoms with E-state index in [2.05, 4.69) is 5.10 Å². The quantitative estimate of drug-likeness (QED) is 0.708. The molecule has 14 heavy (non-hydrogen) atoms. The summed E-state index contributed by atoms with van der Waals surface area (Å²) in [6, 6.07) is 7.54. The highest BCUT2D eigenvalue weighted by molar-refractivity contribution is 6.07. The summed E-state index contributed by atoms with van der Waals surface area (Å²) in [5, 5.41) is 5.09. The average Bonchev–Trinajstić information content (AvgIpc) is 2.53. The lowest BCUT2D eigenvalue weighted by atomic mass is 10.1. The summed E-state index contributed by atoms with van der Waals surface area (Å²) in [5.41, 5.74) is 6.74. The fourth-order valence-corrected chi connectivity index (χ4v) is 1.57. The van der Waals surface area contributed by atoms with Crippen molar-refractivity contribution in [2.75, 3.05) is 6.54 Å². The Balaban J connectivity index is 2.74. The largest absolute Gasteiger partial charge is 0.324 e. The first-order chi connectivity index (χ1) is 6.74. The van der Waals surface area contributed by atoms with Crippen molar-refractivity contribution in [3.05, 3.63) is 30.0 Å². The van der Waals surface area contributed by atoms with Gasteiger partial charge in [0.15, 0.2) is 5.78 Å². The summed E-state index contributed by atoms with van der Waals surface area (Å²) in [5.74, 6) is -0.0822. The Hall–Kier alpha value is -1.68. The lowest BCUT2D eigenvalue weighted by Gasteiger charge is -1.97. The Morgan fingerprint density at radius 3 is 2.93 bits per heavy atom. The van der Waals surface area contributed by atoms with Gasteiger partial charge in [0.1, 0.15) is 5.69 Å². The molecule has 1 aromatic heterocycles. The normalized spacial score (nSPS) is 10.7. The van der Waals surface area contributed by atoms with Gasteiger partial charge in [-0.2, -0.15) is 5.10 Å². The van der Waals surface area contributed by atoms with Gasteiger partial charge >= 0.3 is 0 Å². The Morgan fingerprint density at radius 1 is 1.50 bits per heavy atom. The highest BCUT2D eigenvalue weighted by Gasteiger charge is 2.13. The third kappa shape index (κ3) is 1.20. The number of aryl methyl sites for hydroxylation is 1. The van der Waals surface area contributed by atoms with Crippen LogP contribution in [-0.2, 0) is 7.05 Å². The van der Waals surface area contributed by atoms with Crippen LogP contribution in [0.15, 0.2) is 24.3 Å². The lowest BCUT2D eigenvalue weighted by Crippen LogP contribution is -2.17. The molecular formula is C10H11N3O. The molecule has 0 aliphatic carbocycles. The second-order valence-corrected chi connectivity index (χ2v) is 3.12. The zero-order chi connectivity index (χ0) is 10.1. The molecule has 0 unspecified atom stereocenters. The number of carbonyl (C=O) groups excluding carboxylic acids is 1. The van der Waals surface area contributed by atoms with Gasteiger partial charge in [-0.15, -0.1) is 0 Å². The van der Waals surface area contributed by atoms with Gasteiger partial charge in [-0.25, -0.2) is 0 Å². The van der Waals surface area contributed by atoms with Crippen LogP contribution in [0.3, 0.4) is 0 Å². The van der Waals surface area contributed by atoms with Crippen molar-refractivity contribution in [3.8, 4) is 0 Å². The maximum atomic E-state index is 11.5. The second kappa shape index (κ2) is 3.23. The molecule has 0 aliphatic rings. The van der Waals surface area contributed by atoms with Crippen LogP contribution in [0.25, 0.3) is 10.9 Å². The number of hydrogen-bond acceptors (Lipinski definition) is 3. The first-order valence-electron chi connectivity index (χ1n) is 4.39. The van der Waals surface area contributed by atoms with E-state index in [4.69, 9.17) is 5.73 Å². The van der Waals surface area contributed by atoms with E-state index in [1.54, 1.807) is 11.7 Å². The Labute approximate surface area is 81.3 Å². The van der Waals surface area contributed by atoms with E-state index in [0.717, 1.165) is 10.9 Å². The zero-order valence-electron chi connectivity index (χ0n) is 7.90. The molecule has 0 fully saturated rings. The molecule has 0 amide bonds. The molecule has 0 radical (unpaired) electrons. The standard InChI is InChI=1S/C10H11N3O/c1-13-10(9(14)6-11)7-4-2-3-5-8(7)12-13/h2-5H,6,11H2,1H3. The van der Waals surface area contributed by atoms with E-state index in [1.807, 2.05) is 24.3 Å². The maximum absolute atomic E-state index is 11.5. The molecule has 0 spiro atoms. The minimum Gasteiger partial charge on any atom is -0.324 e. The van der Waals surface area contributed by atoms with Crippen molar-refractivity contribution in [2.45, 2.75) is 0 Å². The second-order valence-electron chi connectivity index (χ2n) is 3.12. The highest BCUT2D eigenvalue weighted by atomic mass is 16.1. The van der Waals surface area contributed by atoms with Crippen LogP contribution in [0.5, 0.6) is 0 Å². The molecule has 4 heteroatoms. The smallest absolute Gasteiger partial charge is 0.194 e. The summed E-state index contributed by atoms with van der Waals surface area (Å²) in [6.07, 6.45) is 0. The van der Waals surface area contributed by atoms with Crippen LogP contribution in [0.4, 0.5) is 0 Å². The molecule has 0 saturated carbocycles. The van der Waals surface area contributed by atoms with Crippen molar-refractivity contribution >= 4 is 16.7 Å². The monoisotopic (exact) mass is 189 g/mol. The average molecular weight is 189 g/mol. The van der Waals surface area contributed by atoms with E-state index in [0.29, 0.717) is 5.69 Å². The topological polar surface area (TPSA) is 60.9 Å². The molecule has 1 aromatic carbocycles. The Morgan fingerprint density at radius 2 is 2.21 bits per heavy atom. The Bertz CT molecular complexity index is 487. The number of nitrogens with zero attached hydrogens (tertiary/aromatic N) is 2. The molecule has 0 saturated heterocycles. The molecule has 2 aromatic rings. The van der Waals surface area contributed by atoms with Gasteiger partial charge < -0.3 is 5.73 Å². The number of Topliss-reactive ketones (excluding diaryl/α,β-unsaturated/α-hetero) is 1. The van der Waals surface area contributed by atoms with E-state index < -0.39 is 0 Å². The lowest BCUT2D eigenvalue weighted by molar-refractivity contribution is 0.0994. The first-order valence-corrected chi connectivity index (χ1v) is 4.39. The van der Waals surface area contributed by atoms with Crippen molar-refractivity contribution < 1.29 is 4.79 Å². The molecule has 0 aliphatic heterocycles. The molecule has 1 heterocycles. The number of fused-ring (bicyclic) bond motifs is 1. The summed E-state index contributed by atoms with van der Waals surface area (Å²) < 4.78 is 1.58. The first kappa shape index (κ1) is 8.90. The van der Waals surface area contributed by atoms with Crippen molar-refractivity contribution in [1.82, 2.24) is 9.78 Å². The van der Waals surface area contributed by atoms with Crippen LogP contribution >= 0.6 is 0 Å². The van der Waals surface area contributed by atoms with Crippen LogP contribution in [-0.4, -0.2) is 22.1 Å². The fourth-order valence-electron chi connectivity index (χ4n) is 1.57. The highest BCUT2D eigenvalue weighted by Crippen LogP contribution is 2.17. The number of hydrogen-bond donors (Lipinski definition) is 1. The SMILES string of the molecule is Cn1nc2ccccc2c1C(=O)CN. The number of aromatic nitrogens is 2. The third-order valence-corrected chi connectivity index (χ3v) is 2.19. The summed E-state index contributed by atoms with van der Waals surface area (Å²) >= 11 is 0. The van der Waals surface area contributed by atoms with Crippen LogP contribution < -0.4 is 5.73 Å². The predicted octanol–water partition coefficient (Wildman–Crippen LogP) is 0.715. The minimum atomic E-state index is -0.0822. The zero-order valence-corrected chi connectivity index (χ0v) is 7.90. The van der Waals surface area contributed by atoms with Gasteiger partial charge in [0.2, 0.25) is 0 Å². The van der Waals surface area contributed by atoms with Crippen molar-refractivity contribution in [3.63, 3.8) is 0 Å².